The zero-order valence-corrected chi connectivity index (χ0v) is 28.0. The van der Waals surface area contributed by atoms with Crippen molar-refractivity contribution in [2.75, 3.05) is 19.5 Å². The number of ether oxygens (including phenoxy) is 2. The first kappa shape index (κ1) is 33.7. The molecule has 0 aliphatic carbocycles. The van der Waals surface area contributed by atoms with E-state index in [9.17, 15) is 24.3 Å². The Hall–Kier alpha value is -5.24. The Labute approximate surface area is 290 Å². The van der Waals surface area contributed by atoms with Gasteiger partial charge < -0.3 is 24.7 Å². The zero-order valence-electron chi connectivity index (χ0n) is 26.4. The number of esters is 1. The van der Waals surface area contributed by atoms with Crippen LogP contribution in [0.2, 0.25) is 0 Å². The van der Waals surface area contributed by atoms with E-state index in [1.165, 1.54) is 37.1 Å². The minimum atomic E-state index is -1.91. The van der Waals surface area contributed by atoms with Gasteiger partial charge in [-0.1, -0.05) is 102 Å². The molecule has 11 nitrogen and oxygen atoms in total. The molecular formula is C36H31N3O8S2. The molecule has 1 fully saturated rings. The minimum Gasteiger partial charge on any atom is -0.477 e. The zero-order chi connectivity index (χ0) is 34.6. The molecule has 2 aliphatic heterocycles. The molecule has 3 heterocycles. The van der Waals surface area contributed by atoms with Gasteiger partial charge in [-0.05, 0) is 11.4 Å². The topological polar surface area (TPSA) is 144 Å². The molecule has 3 aromatic carbocycles. The van der Waals surface area contributed by atoms with E-state index in [0.717, 1.165) is 21.6 Å². The van der Waals surface area contributed by atoms with Crippen LogP contribution in [0.4, 0.5) is 0 Å². The van der Waals surface area contributed by atoms with Crippen molar-refractivity contribution in [2.24, 2.45) is 5.16 Å². The van der Waals surface area contributed by atoms with Crippen LogP contribution in [0.1, 0.15) is 28.5 Å². The SMILES string of the molecule is CO[C@@]1(NC(=O)C(=NOC(c2ccccc2)(c2ccccc2)c2ccccc2)c2cccs2)C(=O)N2C(C(=O)O)=C(COC(C)=O)CS[C@@H]21. The predicted molar refractivity (Wildman–Crippen MR) is 183 cm³/mol. The van der Waals surface area contributed by atoms with Crippen molar-refractivity contribution in [3.63, 3.8) is 0 Å². The van der Waals surface area contributed by atoms with E-state index in [4.69, 9.17) is 14.3 Å². The lowest BCUT2D eigenvalue weighted by atomic mass is 9.80. The van der Waals surface area contributed by atoms with Gasteiger partial charge in [0.25, 0.3) is 17.5 Å². The number of carbonyl (C=O) groups excluding carboxylic acids is 3. The average molecular weight is 698 g/mol. The number of β-lactam (4-membered cyclic amide) rings is 1. The van der Waals surface area contributed by atoms with Gasteiger partial charge in [-0.2, -0.15) is 0 Å². The number of thiophene rings is 1. The van der Waals surface area contributed by atoms with Gasteiger partial charge in [-0.15, -0.1) is 23.1 Å². The number of hydrogen-bond acceptors (Lipinski definition) is 10. The van der Waals surface area contributed by atoms with Crippen molar-refractivity contribution in [3.8, 4) is 0 Å². The monoisotopic (exact) mass is 697 g/mol. The summed E-state index contributed by atoms with van der Waals surface area (Å²) < 4.78 is 10.7. The van der Waals surface area contributed by atoms with Gasteiger partial charge in [0.1, 0.15) is 17.7 Å². The second kappa shape index (κ2) is 14.1. The standard InChI is InChI=1S/C36H31N3O8S2/c1-23(40)46-21-24-22-49-34-36(45-2,33(44)39(34)30(24)32(42)43)37-31(41)29(28-19-12-20-48-28)38-47-35(25-13-6-3-7-14-25,26-15-8-4-9-16-26)27-17-10-5-11-18-27/h3-20,34H,21-22H2,1-2H3,(H,37,41)(H,42,43)/t34-,36+/m1/s1. The molecule has 1 saturated heterocycles. The third-order valence-electron chi connectivity index (χ3n) is 8.17. The van der Waals surface area contributed by atoms with Crippen molar-refractivity contribution in [3.05, 3.63) is 141 Å². The molecule has 4 aromatic rings. The molecule has 6 rings (SSSR count). The predicted octanol–water partition coefficient (Wildman–Crippen LogP) is 4.74. The maximum Gasteiger partial charge on any atom is 0.352 e. The number of aliphatic carboxylic acids is 1. The number of fused-ring (bicyclic) bond motifs is 1. The number of methoxy groups -OCH3 is 1. The van der Waals surface area contributed by atoms with Crippen LogP contribution in [0.25, 0.3) is 0 Å². The molecule has 49 heavy (non-hydrogen) atoms. The maximum atomic E-state index is 14.3. The lowest BCUT2D eigenvalue weighted by Gasteiger charge is -2.55. The second-order valence-electron chi connectivity index (χ2n) is 11.1. The van der Waals surface area contributed by atoms with Gasteiger partial charge in [0, 0.05) is 42.0 Å². The number of carboxylic acid groups (broad SMARTS) is 1. The van der Waals surface area contributed by atoms with Crippen LogP contribution in [0, 0.1) is 0 Å². The van der Waals surface area contributed by atoms with Crippen LogP contribution in [-0.2, 0) is 39.1 Å². The molecule has 2 atom stereocenters. The fourth-order valence-corrected chi connectivity index (χ4v) is 8.00. The molecule has 0 unspecified atom stereocenters. The van der Waals surface area contributed by atoms with Crippen LogP contribution in [0.5, 0.6) is 0 Å². The maximum absolute atomic E-state index is 14.3. The van der Waals surface area contributed by atoms with Gasteiger partial charge in [0.05, 0.1) is 4.88 Å². The number of carboxylic acids is 1. The van der Waals surface area contributed by atoms with Crippen LogP contribution >= 0.6 is 23.1 Å². The summed E-state index contributed by atoms with van der Waals surface area (Å²) in [6.07, 6.45) is 0. The van der Waals surface area contributed by atoms with Gasteiger partial charge in [-0.25, -0.2) is 4.79 Å². The van der Waals surface area contributed by atoms with E-state index in [-0.39, 0.29) is 29.3 Å². The summed E-state index contributed by atoms with van der Waals surface area (Å²) >= 11 is 2.43. The van der Waals surface area contributed by atoms with E-state index in [0.29, 0.717) is 4.88 Å². The number of oxime groups is 1. The van der Waals surface area contributed by atoms with Gasteiger partial charge in [0.15, 0.2) is 5.71 Å². The number of hydrogen-bond donors (Lipinski definition) is 2. The summed E-state index contributed by atoms with van der Waals surface area (Å²) in [7, 11) is 1.26. The quantitative estimate of drug-likeness (QED) is 0.0536. The molecular weight excluding hydrogens is 667 g/mol. The normalized spacial score (nSPS) is 19.1. The van der Waals surface area contributed by atoms with Crippen LogP contribution in [0.3, 0.4) is 0 Å². The Kier molecular flexibility index (Phi) is 9.67. The van der Waals surface area contributed by atoms with Gasteiger partial charge in [-0.3, -0.25) is 19.3 Å². The number of rotatable bonds is 12. The largest absolute Gasteiger partial charge is 0.477 e. The molecule has 0 bridgehead atoms. The Morgan fingerprint density at radius 2 is 1.51 bits per heavy atom. The Morgan fingerprint density at radius 3 is 1.98 bits per heavy atom. The summed E-state index contributed by atoms with van der Waals surface area (Å²) in [5.74, 6) is -3.40. The summed E-state index contributed by atoms with van der Waals surface area (Å²) in [6.45, 7) is 0.922. The van der Waals surface area contributed by atoms with Crippen molar-refractivity contribution in [1.82, 2.24) is 10.2 Å². The highest BCUT2D eigenvalue weighted by atomic mass is 32.2. The summed E-state index contributed by atoms with van der Waals surface area (Å²) in [4.78, 5) is 59.8. The van der Waals surface area contributed by atoms with Crippen molar-refractivity contribution >= 4 is 52.6 Å². The van der Waals surface area contributed by atoms with E-state index < -0.39 is 40.5 Å². The lowest BCUT2D eigenvalue weighted by Crippen LogP contribution is -2.81. The molecule has 250 valence electrons. The Morgan fingerprint density at radius 1 is 0.939 bits per heavy atom. The van der Waals surface area contributed by atoms with Crippen molar-refractivity contribution in [1.29, 1.82) is 0 Å². The van der Waals surface area contributed by atoms with Crippen LogP contribution in [0.15, 0.2) is 125 Å². The van der Waals surface area contributed by atoms with Gasteiger partial charge >= 0.3 is 11.9 Å². The third-order valence-corrected chi connectivity index (χ3v) is 10.4. The second-order valence-corrected chi connectivity index (χ2v) is 13.1. The van der Waals surface area contributed by atoms with Crippen molar-refractivity contribution < 1.29 is 38.6 Å². The summed E-state index contributed by atoms with van der Waals surface area (Å²) in [5.41, 5.74) is -1.09. The number of amides is 2. The number of thioether (sulfide) groups is 1. The van der Waals surface area contributed by atoms with Gasteiger partial charge in [0.2, 0.25) is 5.60 Å². The highest BCUT2D eigenvalue weighted by molar-refractivity contribution is 8.00. The first-order valence-corrected chi connectivity index (χ1v) is 17.0. The lowest BCUT2D eigenvalue weighted by molar-refractivity contribution is -0.191. The Bertz CT molecular complexity index is 1820. The molecule has 0 spiro atoms. The minimum absolute atomic E-state index is 0.116. The molecule has 2 amide bonds. The molecule has 1 aromatic heterocycles. The number of nitrogens with zero attached hydrogens (tertiary/aromatic N) is 2. The highest BCUT2D eigenvalue weighted by Gasteiger charge is 2.67. The molecule has 0 saturated carbocycles. The number of benzene rings is 3. The van der Waals surface area contributed by atoms with Crippen LogP contribution in [-0.4, -0.2) is 70.0 Å². The average Bonchev–Trinajstić information content (AvgIpc) is 3.66. The molecule has 2 N–H and O–H groups in total. The third kappa shape index (κ3) is 6.12. The molecule has 0 radical (unpaired) electrons. The fraction of sp³-hybridized carbons (Fsp3) is 0.194. The van der Waals surface area contributed by atoms with E-state index in [1.54, 1.807) is 17.5 Å². The Balaban J connectivity index is 1.39. The number of carbonyl (C=O) groups is 4. The van der Waals surface area contributed by atoms with E-state index in [1.807, 2.05) is 91.0 Å². The smallest absolute Gasteiger partial charge is 0.352 e. The number of nitrogens with one attached hydrogen (secondary N) is 1. The van der Waals surface area contributed by atoms with E-state index in [2.05, 4.69) is 10.5 Å². The molecule has 2 aliphatic rings. The fourth-order valence-electron chi connectivity index (χ4n) is 5.87. The summed E-state index contributed by atoms with van der Waals surface area (Å²) in [6, 6.07) is 32.1. The van der Waals surface area contributed by atoms with Crippen molar-refractivity contribution in [2.45, 2.75) is 23.6 Å². The first-order chi connectivity index (χ1) is 23.7. The molecule has 13 heteroatoms. The summed E-state index contributed by atoms with van der Waals surface area (Å²) in [5, 5.41) is 18.1. The van der Waals surface area contributed by atoms with Crippen LogP contribution < -0.4 is 5.32 Å². The van der Waals surface area contributed by atoms with E-state index >= 15 is 0 Å². The first-order valence-electron chi connectivity index (χ1n) is 15.1. The highest BCUT2D eigenvalue weighted by Crippen LogP contribution is 2.47.